The van der Waals surface area contributed by atoms with Gasteiger partial charge in [0.25, 0.3) is 0 Å². The summed E-state index contributed by atoms with van der Waals surface area (Å²) in [7, 11) is 0. The van der Waals surface area contributed by atoms with Gasteiger partial charge in [-0.15, -0.1) is 11.8 Å². The van der Waals surface area contributed by atoms with Crippen LogP contribution in [0.25, 0.3) is 0 Å². The summed E-state index contributed by atoms with van der Waals surface area (Å²) in [6.45, 7) is 5.85. The summed E-state index contributed by atoms with van der Waals surface area (Å²) in [4.78, 5) is 10.1. The monoisotopic (exact) mass is 370 g/mol. The van der Waals surface area contributed by atoms with Crippen molar-refractivity contribution in [1.29, 1.82) is 5.26 Å². The zero-order valence-corrected chi connectivity index (χ0v) is 16.6. The number of hydrogen-bond acceptors (Lipinski definition) is 5. The largest absolute Gasteiger partial charge is 0.356 e. The van der Waals surface area contributed by atoms with Gasteiger partial charge in [0.05, 0.1) is 5.56 Å². The first kappa shape index (κ1) is 18.1. The van der Waals surface area contributed by atoms with E-state index in [0.29, 0.717) is 0 Å². The fourth-order valence-electron chi connectivity index (χ4n) is 4.64. The number of thioether (sulfide) groups is 1. The number of piperidine rings is 1. The first-order valence-electron chi connectivity index (χ1n) is 10.4. The molecule has 4 nitrogen and oxygen atoms in total. The Morgan fingerprint density at radius 2 is 1.58 bits per heavy atom. The minimum atomic E-state index is 0.881. The Morgan fingerprint density at radius 3 is 2.31 bits per heavy atom. The molecule has 3 heterocycles. The molecule has 0 bridgehead atoms. The molecule has 0 saturated carbocycles. The first-order valence-corrected chi connectivity index (χ1v) is 11.4. The van der Waals surface area contributed by atoms with Crippen LogP contribution in [0.3, 0.4) is 0 Å². The molecule has 140 valence electrons. The van der Waals surface area contributed by atoms with E-state index >= 15 is 0 Å². The molecule has 1 aromatic rings. The standard InChI is InChI=1S/C21H30N4S/c22-16-19-17-8-2-3-9-18(17)20(25-12-4-1-5-13-25)23-21(19)26-15-14-24-10-6-7-11-24/h1-15H2. The van der Waals surface area contributed by atoms with E-state index in [2.05, 4.69) is 15.9 Å². The van der Waals surface area contributed by atoms with Crippen molar-refractivity contribution >= 4 is 17.6 Å². The number of likely N-dealkylation sites (tertiary alicyclic amines) is 1. The van der Waals surface area contributed by atoms with E-state index in [1.807, 2.05) is 11.8 Å². The summed E-state index contributed by atoms with van der Waals surface area (Å²) < 4.78 is 0. The van der Waals surface area contributed by atoms with Crippen LogP contribution in [-0.2, 0) is 12.8 Å². The lowest BCUT2D eigenvalue weighted by Crippen LogP contribution is -2.32. The van der Waals surface area contributed by atoms with E-state index in [9.17, 15) is 5.26 Å². The highest BCUT2D eigenvalue weighted by Crippen LogP contribution is 2.37. The lowest BCUT2D eigenvalue weighted by Gasteiger charge is -2.32. The maximum absolute atomic E-state index is 9.86. The number of nitriles is 1. The minimum Gasteiger partial charge on any atom is -0.356 e. The second kappa shape index (κ2) is 8.63. The van der Waals surface area contributed by atoms with Gasteiger partial charge in [-0.05, 0) is 82.0 Å². The van der Waals surface area contributed by atoms with E-state index in [1.54, 1.807) is 0 Å². The second-order valence-corrected chi connectivity index (χ2v) is 8.92. The van der Waals surface area contributed by atoms with Crippen molar-refractivity contribution < 1.29 is 0 Å². The van der Waals surface area contributed by atoms with Gasteiger partial charge in [0, 0.05) is 25.4 Å². The molecular weight excluding hydrogens is 340 g/mol. The molecule has 0 aromatic carbocycles. The van der Waals surface area contributed by atoms with Crippen LogP contribution in [0.4, 0.5) is 5.82 Å². The van der Waals surface area contributed by atoms with Crippen molar-refractivity contribution in [3.8, 4) is 6.07 Å². The van der Waals surface area contributed by atoms with Gasteiger partial charge < -0.3 is 9.80 Å². The van der Waals surface area contributed by atoms with Gasteiger partial charge in [-0.1, -0.05) is 0 Å². The third kappa shape index (κ3) is 3.87. The average Bonchev–Trinajstić information content (AvgIpc) is 3.21. The van der Waals surface area contributed by atoms with Crippen molar-refractivity contribution in [3.63, 3.8) is 0 Å². The Bertz CT molecular complexity index is 670. The molecule has 0 atom stereocenters. The Morgan fingerprint density at radius 1 is 0.885 bits per heavy atom. The second-order valence-electron chi connectivity index (χ2n) is 7.84. The molecule has 2 saturated heterocycles. The number of hydrogen-bond donors (Lipinski definition) is 0. The van der Waals surface area contributed by atoms with Crippen LogP contribution in [-0.4, -0.2) is 48.4 Å². The molecule has 1 aliphatic carbocycles. The summed E-state index contributed by atoms with van der Waals surface area (Å²) in [6, 6.07) is 2.52. The predicted octanol–water partition coefficient (Wildman–Crippen LogP) is 4.01. The molecule has 3 aliphatic rings. The van der Waals surface area contributed by atoms with Gasteiger partial charge in [-0.25, -0.2) is 4.98 Å². The summed E-state index contributed by atoms with van der Waals surface area (Å²) in [5, 5.41) is 10.9. The maximum atomic E-state index is 9.86. The van der Waals surface area contributed by atoms with E-state index in [-0.39, 0.29) is 0 Å². The molecule has 0 amide bonds. The van der Waals surface area contributed by atoms with Gasteiger partial charge in [-0.2, -0.15) is 5.26 Å². The fourth-order valence-corrected chi connectivity index (χ4v) is 5.65. The molecule has 1 aromatic heterocycles. The Kier molecular flexibility index (Phi) is 6.01. The molecule has 2 fully saturated rings. The number of aromatic nitrogens is 1. The molecule has 0 N–H and O–H groups in total. The average molecular weight is 371 g/mol. The van der Waals surface area contributed by atoms with E-state index in [4.69, 9.17) is 4.98 Å². The van der Waals surface area contributed by atoms with Gasteiger partial charge in [0.1, 0.15) is 16.9 Å². The zero-order valence-electron chi connectivity index (χ0n) is 15.8. The van der Waals surface area contributed by atoms with Crippen molar-refractivity contribution in [2.75, 3.05) is 43.4 Å². The first-order chi connectivity index (χ1) is 12.9. The summed E-state index contributed by atoms with van der Waals surface area (Å²) in [5.41, 5.74) is 3.59. The van der Waals surface area contributed by atoms with Crippen molar-refractivity contribution in [3.05, 3.63) is 16.7 Å². The maximum Gasteiger partial charge on any atom is 0.133 e. The van der Waals surface area contributed by atoms with Crippen molar-refractivity contribution in [1.82, 2.24) is 9.88 Å². The van der Waals surface area contributed by atoms with Crippen LogP contribution in [0.15, 0.2) is 5.03 Å². The van der Waals surface area contributed by atoms with Crippen molar-refractivity contribution in [2.24, 2.45) is 0 Å². The van der Waals surface area contributed by atoms with Crippen LogP contribution in [0.2, 0.25) is 0 Å². The molecule has 0 spiro atoms. The van der Waals surface area contributed by atoms with E-state index in [1.165, 1.54) is 75.0 Å². The number of rotatable bonds is 5. The zero-order chi connectivity index (χ0) is 17.8. The third-order valence-corrected chi connectivity index (χ3v) is 7.03. The topological polar surface area (TPSA) is 43.2 Å². The number of fused-ring (bicyclic) bond motifs is 1. The van der Waals surface area contributed by atoms with Crippen LogP contribution in [0.1, 0.15) is 61.6 Å². The summed E-state index contributed by atoms with van der Waals surface area (Å²) in [6.07, 6.45) is 11.2. The van der Waals surface area contributed by atoms with Gasteiger partial charge in [0.2, 0.25) is 0 Å². The Balaban J connectivity index is 1.59. The van der Waals surface area contributed by atoms with E-state index in [0.717, 1.165) is 48.8 Å². The van der Waals surface area contributed by atoms with E-state index < -0.39 is 0 Å². The minimum absolute atomic E-state index is 0.881. The van der Waals surface area contributed by atoms with Crippen LogP contribution in [0.5, 0.6) is 0 Å². The SMILES string of the molecule is N#Cc1c(SCCN2CCCC2)nc(N2CCCCC2)c2c1CCCC2. The summed E-state index contributed by atoms with van der Waals surface area (Å²) >= 11 is 1.81. The Hall–Kier alpha value is -1.25. The molecular formula is C21H30N4S. The lowest BCUT2D eigenvalue weighted by molar-refractivity contribution is 0.362. The third-order valence-electron chi connectivity index (χ3n) is 6.07. The van der Waals surface area contributed by atoms with Crippen LogP contribution >= 0.6 is 11.8 Å². The highest BCUT2D eigenvalue weighted by molar-refractivity contribution is 7.99. The predicted molar refractivity (Wildman–Crippen MR) is 108 cm³/mol. The molecule has 4 rings (SSSR count). The van der Waals surface area contributed by atoms with Crippen LogP contribution in [0, 0.1) is 11.3 Å². The fraction of sp³-hybridized carbons (Fsp3) is 0.714. The highest BCUT2D eigenvalue weighted by Gasteiger charge is 2.26. The van der Waals surface area contributed by atoms with Gasteiger partial charge in [0.15, 0.2) is 0 Å². The van der Waals surface area contributed by atoms with Crippen LogP contribution < -0.4 is 4.90 Å². The van der Waals surface area contributed by atoms with Gasteiger partial charge >= 0.3 is 0 Å². The highest BCUT2D eigenvalue weighted by atomic mass is 32.2. The molecule has 26 heavy (non-hydrogen) atoms. The molecule has 0 radical (unpaired) electrons. The number of anilines is 1. The lowest BCUT2D eigenvalue weighted by atomic mass is 9.89. The molecule has 2 aliphatic heterocycles. The molecule has 5 heteroatoms. The smallest absolute Gasteiger partial charge is 0.133 e. The van der Waals surface area contributed by atoms with Crippen molar-refractivity contribution in [2.45, 2.75) is 62.8 Å². The quantitative estimate of drug-likeness (QED) is 0.733. The van der Waals surface area contributed by atoms with Gasteiger partial charge in [-0.3, -0.25) is 0 Å². The number of nitrogens with zero attached hydrogens (tertiary/aromatic N) is 4. The summed E-state index contributed by atoms with van der Waals surface area (Å²) in [5.74, 6) is 2.25. The normalized spacial score (nSPS) is 20.8. The Labute approximate surface area is 162 Å². The number of pyridine rings is 1. The molecule has 0 unspecified atom stereocenters.